The number of nitrogens with one attached hydrogen (secondary N) is 1. The predicted octanol–water partition coefficient (Wildman–Crippen LogP) is 4.76. The molecular weight excluding hydrogens is 388 g/mol. The molecule has 3 aromatic rings. The maximum atomic E-state index is 12.4. The van der Waals surface area contributed by atoms with Gasteiger partial charge in [0.1, 0.15) is 5.76 Å². The first kappa shape index (κ1) is 20.9. The molecular formula is C22H26N2O4S. The van der Waals surface area contributed by atoms with E-state index in [1.54, 1.807) is 18.4 Å². The van der Waals surface area contributed by atoms with Crippen LogP contribution in [-0.2, 0) is 17.8 Å². The summed E-state index contributed by atoms with van der Waals surface area (Å²) in [5, 5.41) is 4.90. The van der Waals surface area contributed by atoms with Gasteiger partial charge in [-0.15, -0.1) is 11.3 Å². The van der Waals surface area contributed by atoms with Crippen molar-refractivity contribution in [3.63, 3.8) is 0 Å². The standard InChI is InChI=1S/C22H26N2O4S/c1-4-5-10-27-18-9-8-16(12-19(18)26-3)14-23-21(25)13-17-15(2)28-22(24-17)20-7-6-11-29-20/h6-9,11-12H,4-5,10,13-14H2,1-3H3,(H,23,25). The van der Waals surface area contributed by atoms with Crippen molar-refractivity contribution in [2.45, 2.75) is 39.7 Å². The molecule has 1 N–H and O–H groups in total. The first-order valence-electron chi connectivity index (χ1n) is 9.67. The quantitative estimate of drug-likeness (QED) is 0.484. The molecule has 0 unspecified atom stereocenters. The lowest BCUT2D eigenvalue weighted by atomic mass is 10.2. The van der Waals surface area contributed by atoms with Gasteiger partial charge in [0.25, 0.3) is 0 Å². The molecule has 2 aromatic heterocycles. The van der Waals surface area contributed by atoms with Crippen molar-refractivity contribution >= 4 is 17.2 Å². The number of rotatable bonds is 10. The number of aryl methyl sites for hydroxylation is 1. The molecule has 6 nitrogen and oxygen atoms in total. The summed E-state index contributed by atoms with van der Waals surface area (Å²) >= 11 is 1.56. The zero-order valence-electron chi connectivity index (χ0n) is 17.0. The highest BCUT2D eigenvalue weighted by atomic mass is 32.1. The van der Waals surface area contributed by atoms with E-state index in [-0.39, 0.29) is 12.3 Å². The van der Waals surface area contributed by atoms with Crippen LogP contribution in [0.25, 0.3) is 10.8 Å². The number of carbonyl (C=O) groups is 1. The highest BCUT2D eigenvalue weighted by Gasteiger charge is 2.15. The summed E-state index contributed by atoms with van der Waals surface area (Å²) in [6, 6.07) is 9.59. The SMILES string of the molecule is CCCCOc1ccc(CNC(=O)Cc2nc(-c3cccs3)oc2C)cc1OC. The van der Waals surface area contributed by atoms with E-state index in [4.69, 9.17) is 13.9 Å². The Labute approximate surface area is 174 Å². The molecule has 29 heavy (non-hydrogen) atoms. The van der Waals surface area contributed by atoms with Gasteiger partial charge in [0.15, 0.2) is 11.5 Å². The van der Waals surface area contributed by atoms with Crippen LogP contribution in [0, 0.1) is 6.92 Å². The molecule has 0 saturated heterocycles. The van der Waals surface area contributed by atoms with Gasteiger partial charge >= 0.3 is 0 Å². The fourth-order valence-electron chi connectivity index (χ4n) is 2.78. The zero-order chi connectivity index (χ0) is 20.6. The molecule has 0 aliphatic heterocycles. The number of thiophene rings is 1. The van der Waals surface area contributed by atoms with Crippen molar-refractivity contribution < 1.29 is 18.7 Å². The number of carbonyl (C=O) groups excluding carboxylic acids is 1. The Hall–Kier alpha value is -2.80. The molecule has 3 rings (SSSR count). The summed E-state index contributed by atoms with van der Waals surface area (Å²) < 4.78 is 16.9. The number of oxazole rings is 1. The minimum Gasteiger partial charge on any atom is -0.493 e. The van der Waals surface area contributed by atoms with Gasteiger partial charge in [-0.3, -0.25) is 4.79 Å². The fraction of sp³-hybridized carbons (Fsp3) is 0.364. The number of hydrogen-bond acceptors (Lipinski definition) is 6. The van der Waals surface area contributed by atoms with E-state index in [1.165, 1.54) is 0 Å². The lowest BCUT2D eigenvalue weighted by Gasteiger charge is -2.12. The minimum atomic E-state index is -0.110. The third-order valence-electron chi connectivity index (χ3n) is 4.43. The highest BCUT2D eigenvalue weighted by Crippen LogP contribution is 2.28. The average molecular weight is 415 g/mol. The van der Waals surface area contributed by atoms with Crippen molar-refractivity contribution in [2.75, 3.05) is 13.7 Å². The smallest absolute Gasteiger partial charge is 0.236 e. The summed E-state index contributed by atoms with van der Waals surface area (Å²) in [5.41, 5.74) is 1.59. The maximum absolute atomic E-state index is 12.4. The molecule has 0 saturated carbocycles. The van der Waals surface area contributed by atoms with Crippen molar-refractivity contribution in [2.24, 2.45) is 0 Å². The van der Waals surface area contributed by atoms with Gasteiger partial charge < -0.3 is 19.2 Å². The van der Waals surface area contributed by atoms with Gasteiger partial charge in [0, 0.05) is 6.54 Å². The van der Waals surface area contributed by atoms with Crippen molar-refractivity contribution in [3.8, 4) is 22.3 Å². The van der Waals surface area contributed by atoms with E-state index in [9.17, 15) is 4.79 Å². The summed E-state index contributed by atoms with van der Waals surface area (Å²) in [4.78, 5) is 17.8. The molecule has 0 aliphatic carbocycles. The average Bonchev–Trinajstić information content (AvgIpc) is 3.37. The lowest BCUT2D eigenvalue weighted by Crippen LogP contribution is -2.25. The Morgan fingerprint density at radius 1 is 1.28 bits per heavy atom. The van der Waals surface area contributed by atoms with Crippen LogP contribution in [0.2, 0.25) is 0 Å². The van der Waals surface area contributed by atoms with Crippen LogP contribution in [0.15, 0.2) is 40.1 Å². The van der Waals surface area contributed by atoms with Gasteiger partial charge in [0.2, 0.25) is 11.8 Å². The van der Waals surface area contributed by atoms with Crippen molar-refractivity contribution in [1.29, 1.82) is 0 Å². The summed E-state index contributed by atoms with van der Waals surface area (Å²) in [6.07, 6.45) is 2.25. The topological polar surface area (TPSA) is 73.6 Å². The van der Waals surface area contributed by atoms with E-state index in [1.807, 2.05) is 42.6 Å². The zero-order valence-corrected chi connectivity index (χ0v) is 17.8. The summed E-state index contributed by atoms with van der Waals surface area (Å²) in [6.45, 7) is 5.01. The number of aromatic nitrogens is 1. The molecule has 0 spiro atoms. The van der Waals surface area contributed by atoms with E-state index in [2.05, 4.69) is 17.2 Å². The first-order valence-corrected chi connectivity index (χ1v) is 10.5. The Kier molecular flexibility index (Phi) is 7.30. The number of benzene rings is 1. The monoisotopic (exact) mass is 414 g/mol. The predicted molar refractivity (Wildman–Crippen MR) is 114 cm³/mol. The van der Waals surface area contributed by atoms with Crippen LogP contribution in [0.3, 0.4) is 0 Å². The van der Waals surface area contributed by atoms with Gasteiger partial charge in [-0.1, -0.05) is 25.5 Å². The Morgan fingerprint density at radius 2 is 2.14 bits per heavy atom. The third kappa shape index (κ3) is 5.60. The van der Waals surface area contributed by atoms with E-state index < -0.39 is 0 Å². The van der Waals surface area contributed by atoms with Gasteiger partial charge in [-0.25, -0.2) is 4.98 Å². The number of nitrogens with zero attached hydrogens (tertiary/aromatic N) is 1. The molecule has 2 heterocycles. The van der Waals surface area contributed by atoms with Gasteiger partial charge in [-0.2, -0.15) is 0 Å². The Bertz CT molecular complexity index is 934. The summed E-state index contributed by atoms with van der Waals surface area (Å²) in [5.74, 6) is 2.50. The van der Waals surface area contributed by atoms with E-state index in [0.29, 0.717) is 36.2 Å². The third-order valence-corrected chi connectivity index (χ3v) is 5.28. The normalized spacial score (nSPS) is 10.7. The largest absolute Gasteiger partial charge is 0.493 e. The number of amides is 1. The molecule has 0 aliphatic rings. The molecule has 1 amide bonds. The van der Waals surface area contributed by atoms with Crippen molar-refractivity contribution in [1.82, 2.24) is 10.3 Å². The van der Waals surface area contributed by atoms with Gasteiger partial charge in [0.05, 0.1) is 30.7 Å². The Morgan fingerprint density at radius 3 is 2.86 bits per heavy atom. The van der Waals surface area contributed by atoms with Gasteiger partial charge in [-0.05, 0) is 42.5 Å². The van der Waals surface area contributed by atoms with E-state index in [0.717, 1.165) is 29.0 Å². The fourth-order valence-corrected chi connectivity index (χ4v) is 3.43. The molecule has 1 aromatic carbocycles. The molecule has 7 heteroatoms. The van der Waals surface area contributed by atoms with Crippen LogP contribution in [0.4, 0.5) is 0 Å². The second-order valence-corrected chi connectivity index (χ2v) is 7.59. The van der Waals surface area contributed by atoms with Crippen LogP contribution in [0.5, 0.6) is 11.5 Å². The number of unbranched alkanes of at least 4 members (excludes halogenated alkanes) is 1. The Balaban J connectivity index is 1.56. The molecule has 0 fully saturated rings. The number of methoxy groups -OCH3 is 1. The minimum absolute atomic E-state index is 0.110. The molecule has 0 radical (unpaired) electrons. The molecule has 0 atom stereocenters. The molecule has 154 valence electrons. The van der Waals surface area contributed by atoms with Crippen LogP contribution in [-0.4, -0.2) is 24.6 Å². The lowest BCUT2D eigenvalue weighted by molar-refractivity contribution is -0.120. The molecule has 0 bridgehead atoms. The second kappa shape index (κ2) is 10.1. The second-order valence-electron chi connectivity index (χ2n) is 6.64. The number of ether oxygens (including phenoxy) is 2. The van der Waals surface area contributed by atoms with E-state index >= 15 is 0 Å². The van der Waals surface area contributed by atoms with Crippen LogP contribution >= 0.6 is 11.3 Å². The first-order chi connectivity index (χ1) is 14.1. The summed E-state index contributed by atoms with van der Waals surface area (Å²) in [7, 11) is 1.61. The highest BCUT2D eigenvalue weighted by molar-refractivity contribution is 7.13. The van der Waals surface area contributed by atoms with Crippen LogP contribution in [0.1, 0.15) is 36.8 Å². The van der Waals surface area contributed by atoms with Crippen LogP contribution < -0.4 is 14.8 Å². The maximum Gasteiger partial charge on any atom is 0.236 e. The van der Waals surface area contributed by atoms with Crippen molar-refractivity contribution in [3.05, 3.63) is 52.7 Å². The number of hydrogen-bond donors (Lipinski definition) is 1.